The largest absolute Gasteiger partial charge is 0.481 e. The van der Waals surface area contributed by atoms with Gasteiger partial charge in [0.1, 0.15) is 0 Å². The lowest BCUT2D eigenvalue weighted by molar-refractivity contribution is -0.148. The van der Waals surface area contributed by atoms with Gasteiger partial charge in [0.05, 0.1) is 12.3 Å². The van der Waals surface area contributed by atoms with Gasteiger partial charge in [-0.3, -0.25) is 9.59 Å². The Labute approximate surface area is 172 Å². The van der Waals surface area contributed by atoms with Crippen LogP contribution >= 0.6 is 0 Å². The highest BCUT2D eigenvalue weighted by Gasteiger charge is 2.20. The highest BCUT2D eigenvalue weighted by molar-refractivity contribution is 5.77. The highest BCUT2D eigenvalue weighted by Crippen LogP contribution is 2.17. The second-order valence-electron chi connectivity index (χ2n) is 8.16. The molecule has 0 aromatic rings. The number of carbonyl (C=O) groups is 2. The predicted octanol–water partition coefficient (Wildman–Crippen LogP) is 7.37. The summed E-state index contributed by atoms with van der Waals surface area (Å²) in [6, 6.07) is 0. The first-order chi connectivity index (χ1) is 13.6. The van der Waals surface area contributed by atoms with Crippen molar-refractivity contribution in [1.82, 2.24) is 0 Å². The highest BCUT2D eigenvalue weighted by atomic mass is 16.4. The van der Waals surface area contributed by atoms with Gasteiger partial charge in [-0.25, -0.2) is 0 Å². The molecule has 28 heavy (non-hydrogen) atoms. The lowest BCUT2D eigenvalue weighted by Gasteiger charge is -2.09. The first kappa shape index (κ1) is 26.7. The number of carboxylic acid groups (broad SMARTS) is 2. The van der Waals surface area contributed by atoms with Crippen molar-refractivity contribution in [2.75, 3.05) is 0 Å². The van der Waals surface area contributed by atoms with Gasteiger partial charge in [0.2, 0.25) is 0 Å². The van der Waals surface area contributed by atoms with Gasteiger partial charge in [0.25, 0.3) is 0 Å². The molecule has 0 spiro atoms. The van der Waals surface area contributed by atoms with Crippen LogP contribution in [0, 0.1) is 5.92 Å². The summed E-state index contributed by atoms with van der Waals surface area (Å²) in [7, 11) is 0. The molecule has 2 N–H and O–H groups in total. The van der Waals surface area contributed by atoms with E-state index in [1.165, 1.54) is 83.5 Å². The first-order valence-corrected chi connectivity index (χ1v) is 11.6. The van der Waals surface area contributed by atoms with Crippen LogP contribution in [0.1, 0.15) is 122 Å². The Balaban J connectivity index is 3.24. The van der Waals surface area contributed by atoms with Crippen molar-refractivity contribution >= 4 is 11.9 Å². The van der Waals surface area contributed by atoms with Gasteiger partial charge in [0, 0.05) is 0 Å². The molecular weight excluding hydrogens is 352 g/mol. The molecule has 4 nitrogen and oxygen atoms in total. The zero-order valence-corrected chi connectivity index (χ0v) is 18.0. The molecule has 0 aliphatic carbocycles. The molecule has 0 amide bonds. The second-order valence-corrected chi connectivity index (χ2v) is 8.16. The number of hydrogen-bond acceptors (Lipinski definition) is 2. The molecule has 0 aromatic carbocycles. The maximum atomic E-state index is 11.0. The van der Waals surface area contributed by atoms with Gasteiger partial charge in [-0.05, 0) is 19.3 Å². The van der Waals surface area contributed by atoms with E-state index in [1.54, 1.807) is 0 Å². The Hall–Kier alpha value is -1.32. The molecule has 1 unspecified atom stereocenters. The molecule has 164 valence electrons. The van der Waals surface area contributed by atoms with E-state index < -0.39 is 17.9 Å². The number of carboxylic acids is 2. The van der Waals surface area contributed by atoms with Crippen molar-refractivity contribution < 1.29 is 19.8 Å². The fourth-order valence-corrected chi connectivity index (χ4v) is 3.68. The van der Waals surface area contributed by atoms with Crippen LogP contribution in [-0.2, 0) is 9.59 Å². The normalized spacial score (nSPS) is 12.0. The van der Waals surface area contributed by atoms with E-state index in [0.717, 1.165) is 25.7 Å². The van der Waals surface area contributed by atoms with Crippen molar-refractivity contribution in [2.45, 2.75) is 122 Å². The Kier molecular flexibility index (Phi) is 19.5. The molecule has 0 saturated carbocycles. The van der Waals surface area contributed by atoms with Crippen LogP contribution in [0.3, 0.4) is 0 Å². The Morgan fingerprint density at radius 1 is 0.643 bits per heavy atom. The standard InChI is InChI=1S/C24H44O4/c1-2-3-4-5-6-7-8-9-10-11-12-13-14-15-16-17-18-19-20-22(24(27)28)21-23(25)26/h2,22H,1,3-21H2,(H,25,26)(H,27,28). The van der Waals surface area contributed by atoms with Gasteiger partial charge < -0.3 is 10.2 Å². The van der Waals surface area contributed by atoms with E-state index in [4.69, 9.17) is 10.2 Å². The Bertz CT molecular complexity index is 392. The molecule has 0 aromatic heterocycles. The minimum absolute atomic E-state index is 0.259. The number of aliphatic carboxylic acids is 2. The summed E-state index contributed by atoms with van der Waals surface area (Å²) in [6.45, 7) is 3.76. The summed E-state index contributed by atoms with van der Waals surface area (Å²) < 4.78 is 0. The van der Waals surface area contributed by atoms with Crippen molar-refractivity contribution in [3.63, 3.8) is 0 Å². The molecule has 0 heterocycles. The maximum absolute atomic E-state index is 11.0. The van der Waals surface area contributed by atoms with Crippen LogP contribution in [0.5, 0.6) is 0 Å². The van der Waals surface area contributed by atoms with E-state index in [1.807, 2.05) is 6.08 Å². The van der Waals surface area contributed by atoms with E-state index in [2.05, 4.69) is 6.58 Å². The van der Waals surface area contributed by atoms with Crippen molar-refractivity contribution in [3.8, 4) is 0 Å². The third-order valence-electron chi connectivity index (χ3n) is 5.48. The maximum Gasteiger partial charge on any atom is 0.307 e. The van der Waals surface area contributed by atoms with E-state index >= 15 is 0 Å². The average molecular weight is 397 g/mol. The van der Waals surface area contributed by atoms with Crippen molar-refractivity contribution in [2.24, 2.45) is 5.92 Å². The van der Waals surface area contributed by atoms with Crippen molar-refractivity contribution in [1.29, 1.82) is 0 Å². The number of unbranched alkanes of at least 4 members (excludes halogenated alkanes) is 16. The van der Waals surface area contributed by atoms with E-state index in [-0.39, 0.29) is 6.42 Å². The van der Waals surface area contributed by atoms with E-state index in [9.17, 15) is 9.59 Å². The van der Waals surface area contributed by atoms with Gasteiger partial charge in [-0.15, -0.1) is 6.58 Å². The molecule has 0 bridgehead atoms. The lowest BCUT2D eigenvalue weighted by atomic mass is 9.97. The molecular formula is C24H44O4. The van der Waals surface area contributed by atoms with Crippen LogP contribution in [0.15, 0.2) is 12.7 Å². The summed E-state index contributed by atoms with van der Waals surface area (Å²) in [5.74, 6) is -2.73. The molecule has 0 fully saturated rings. The molecule has 4 heteroatoms. The Morgan fingerprint density at radius 3 is 1.32 bits per heavy atom. The summed E-state index contributed by atoms with van der Waals surface area (Å²) in [5.41, 5.74) is 0. The third kappa shape index (κ3) is 19.4. The van der Waals surface area contributed by atoms with E-state index in [0.29, 0.717) is 6.42 Å². The van der Waals surface area contributed by atoms with Crippen LogP contribution in [0.2, 0.25) is 0 Å². The van der Waals surface area contributed by atoms with Crippen LogP contribution < -0.4 is 0 Å². The number of hydrogen-bond donors (Lipinski definition) is 2. The first-order valence-electron chi connectivity index (χ1n) is 11.6. The lowest BCUT2D eigenvalue weighted by Crippen LogP contribution is -2.17. The SMILES string of the molecule is C=CCCCCCCCCCCCCCCCCCCC(CC(=O)O)C(=O)O. The smallest absolute Gasteiger partial charge is 0.307 e. The topological polar surface area (TPSA) is 74.6 Å². The zero-order chi connectivity index (χ0) is 20.9. The summed E-state index contributed by atoms with van der Waals surface area (Å²) in [4.78, 5) is 21.6. The molecule has 1 atom stereocenters. The van der Waals surface area contributed by atoms with Crippen LogP contribution in [0.25, 0.3) is 0 Å². The fraction of sp³-hybridized carbons (Fsp3) is 0.833. The van der Waals surface area contributed by atoms with Crippen LogP contribution in [-0.4, -0.2) is 22.2 Å². The van der Waals surface area contributed by atoms with Gasteiger partial charge in [0.15, 0.2) is 0 Å². The average Bonchev–Trinajstić information content (AvgIpc) is 2.65. The summed E-state index contributed by atoms with van der Waals surface area (Å²) >= 11 is 0. The molecule has 0 radical (unpaired) electrons. The molecule has 0 saturated heterocycles. The zero-order valence-electron chi connectivity index (χ0n) is 18.0. The molecule has 0 aliphatic heterocycles. The number of rotatable bonds is 22. The summed E-state index contributed by atoms with van der Waals surface area (Å²) in [6.07, 6.45) is 23.8. The summed E-state index contributed by atoms with van der Waals surface area (Å²) in [5, 5.41) is 17.7. The quantitative estimate of drug-likeness (QED) is 0.148. The van der Waals surface area contributed by atoms with Gasteiger partial charge in [-0.1, -0.05) is 102 Å². The second kappa shape index (κ2) is 20.4. The fourth-order valence-electron chi connectivity index (χ4n) is 3.68. The molecule has 0 rings (SSSR count). The predicted molar refractivity (Wildman–Crippen MR) is 117 cm³/mol. The minimum atomic E-state index is -1.02. The van der Waals surface area contributed by atoms with Gasteiger partial charge >= 0.3 is 11.9 Å². The van der Waals surface area contributed by atoms with Crippen LogP contribution in [0.4, 0.5) is 0 Å². The Morgan fingerprint density at radius 2 is 1.00 bits per heavy atom. The monoisotopic (exact) mass is 396 g/mol. The minimum Gasteiger partial charge on any atom is -0.481 e. The van der Waals surface area contributed by atoms with Crippen molar-refractivity contribution in [3.05, 3.63) is 12.7 Å². The molecule has 0 aliphatic rings. The van der Waals surface area contributed by atoms with Gasteiger partial charge in [-0.2, -0.15) is 0 Å². The number of allylic oxidation sites excluding steroid dienone is 1. The third-order valence-corrected chi connectivity index (χ3v) is 5.48.